The molecule has 0 aliphatic carbocycles. The topological polar surface area (TPSA) is 65.2 Å². The summed E-state index contributed by atoms with van der Waals surface area (Å²) in [5.74, 6) is 0. The minimum atomic E-state index is -0.360. The maximum atomic E-state index is 12.1. The predicted octanol–water partition coefficient (Wildman–Crippen LogP) is 4.54. The fourth-order valence-corrected chi connectivity index (χ4v) is 3.53. The van der Waals surface area contributed by atoms with Crippen molar-refractivity contribution in [2.75, 3.05) is 7.11 Å². The summed E-state index contributed by atoms with van der Waals surface area (Å²) in [7, 11) is 1.54. The Morgan fingerprint density at radius 2 is 1.67 bits per heavy atom. The molecule has 0 saturated heterocycles. The lowest BCUT2D eigenvalue weighted by Crippen LogP contribution is -2.01. The van der Waals surface area contributed by atoms with Crippen molar-refractivity contribution in [3.63, 3.8) is 0 Å². The van der Waals surface area contributed by atoms with Crippen LogP contribution in [0, 0.1) is 13.8 Å². The molecule has 2 heterocycles. The van der Waals surface area contributed by atoms with Crippen LogP contribution in [0.1, 0.15) is 11.1 Å². The molecule has 0 fully saturated rings. The molecule has 0 aliphatic rings. The van der Waals surface area contributed by atoms with Crippen molar-refractivity contribution in [3.8, 4) is 28.3 Å². The highest BCUT2D eigenvalue weighted by Gasteiger charge is 2.17. The lowest BCUT2D eigenvalue weighted by Gasteiger charge is -2.15. The second kappa shape index (κ2) is 6.68. The van der Waals surface area contributed by atoms with Crippen molar-refractivity contribution in [2.24, 2.45) is 0 Å². The Morgan fingerprint density at radius 3 is 2.33 bits per heavy atom. The van der Waals surface area contributed by atoms with Gasteiger partial charge in [0.15, 0.2) is 0 Å². The van der Waals surface area contributed by atoms with Crippen LogP contribution in [0.25, 0.3) is 33.2 Å². The zero-order chi connectivity index (χ0) is 19.0. The van der Waals surface area contributed by atoms with Gasteiger partial charge >= 0.3 is 11.6 Å². The number of hydrogen-bond acceptors (Lipinski definition) is 5. The van der Waals surface area contributed by atoms with Crippen molar-refractivity contribution >= 4 is 11.0 Å². The van der Waals surface area contributed by atoms with E-state index >= 15 is 0 Å². The first-order chi connectivity index (χ1) is 13.1. The average molecular weight is 358 g/mol. The summed E-state index contributed by atoms with van der Waals surface area (Å²) in [5, 5.41) is 0.914. The van der Waals surface area contributed by atoms with Gasteiger partial charge in [-0.2, -0.15) is 0 Å². The normalized spacial score (nSPS) is 10.9. The van der Waals surface area contributed by atoms with Gasteiger partial charge < -0.3 is 9.15 Å². The number of ether oxygens (including phenoxy) is 1. The van der Waals surface area contributed by atoms with Crippen LogP contribution in [0.4, 0.5) is 0 Å². The van der Waals surface area contributed by atoms with Crippen molar-refractivity contribution < 1.29 is 9.15 Å². The zero-order valence-corrected chi connectivity index (χ0v) is 15.3. The third-order valence-electron chi connectivity index (χ3n) is 4.66. The second-order valence-corrected chi connectivity index (χ2v) is 6.37. The Morgan fingerprint density at radius 1 is 0.963 bits per heavy atom. The van der Waals surface area contributed by atoms with Crippen molar-refractivity contribution in [1.29, 1.82) is 0 Å². The van der Waals surface area contributed by atoms with E-state index in [2.05, 4.69) is 9.97 Å². The maximum absolute atomic E-state index is 12.1. The standard InChI is InChI=1S/C22H18N2O3/c1-13-9-18-21(14(2)20(13)16-11-23-22(26-3)24-12-16)17(10-19(25)27-18)15-7-5-4-6-8-15/h4-12H,1-3H3. The van der Waals surface area contributed by atoms with Crippen LogP contribution in [0.2, 0.25) is 0 Å². The summed E-state index contributed by atoms with van der Waals surface area (Å²) >= 11 is 0. The molecule has 4 aromatic rings. The van der Waals surface area contributed by atoms with Gasteiger partial charge in [0.1, 0.15) is 5.58 Å². The summed E-state index contributed by atoms with van der Waals surface area (Å²) in [6.07, 6.45) is 3.49. The summed E-state index contributed by atoms with van der Waals surface area (Å²) in [6.45, 7) is 4.02. The molecule has 0 aliphatic heterocycles. The van der Waals surface area contributed by atoms with Gasteiger partial charge in [-0.05, 0) is 42.2 Å². The Balaban J connectivity index is 2.05. The first-order valence-electron chi connectivity index (χ1n) is 8.58. The average Bonchev–Trinajstić information content (AvgIpc) is 2.68. The molecule has 5 nitrogen and oxygen atoms in total. The third-order valence-corrected chi connectivity index (χ3v) is 4.66. The van der Waals surface area contributed by atoms with Crippen LogP contribution in [-0.4, -0.2) is 17.1 Å². The van der Waals surface area contributed by atoms with Crippen LogP contribution in [0.3, 0.4) is 0 Å². The Bertz CT molecular complexity index is 1180. The van der Waals surface area contributed by atoms with E-state index in [1.807, 2.05) is 50.2 Å². The Kier molecular flexibility index (Phi) is 4.20. The number of benzene rings is 2. The van der Waals surface area contributed by atoms with E-state index in [0.717, 1.165) is 38.8 Å². The summed E-state index contributed by atoms with van der Waals surface area (Å²) in [6, 6.07) is 13.6. The summed E-state index contributed by atoms with van der Waals surface area (Å²) in [4.78, 5) is 20.6. The molecule has 0 N–H and O–H groups in total. The van der Waals surface area contributed by atoms with Crippen molar-refractivity contribution in [2.45, 2.75) is 13.8 Å². The summed E-state index contributed by atoms with van der Waals surface area (Å²) in [5.41, 5.74) is 5.96. The summed E-state index contributed by atoms with van der Waals surface area (Å²) < 4.78 is 10.6. The number of hydrogen-bond donors (Lipinski definition) is 0. The van der Waals surface area contributed by atoms with Crippen LogP contribution in [-0.2, 0) is 0 Å². The molecule has 0 radical (unpaired) electrons. The quantitative estimate of drug-likeness (QED) is 0.503. The van der Waals surface area contributed by atoms with Crippen LogP contribution >= 0.6 is 0 Å². The lowest BCUT2D eigenvalue weighted by atomic mass is 9.91. The number of fused-ring (bicyclic) bond motifs is 1. The van der Waals surface area contributed by atoms with E-state index in [-0.39, 0.29) is 5.63 Å². The Hall–Kier alpha value is -3.47. The molecular weight excluding hydrogens is 340 g/mol. The molecule has 134 valence electrons. The molecule has 0 bridgehead atoms. The van der Waals surface area contributed by atoms with E-state index in [1.54, 1.807) is 18.5 Å². The molecule has 0 amide bonds. The van der Waals surface area contributed by atoms with E-state index in [9.17, 15) is 4.79 Å². The van der Waals surface area contributed by atoms with Crippen LogP contribution in [0.15, 0.2) is 64.1 Å². The number of rotatable bonds is 3. The molecule has 0 spiro atoms. The van der Waals surface area contributed by atoms with Gasteiger partial charge in [-0.15, -0.1) is 0 Å². The van der Waals surface area contributed by atoms with Crippen LogP contribution in [0.5, 0.6) is 6.01 Å². The maximum Gasteiger partial charge on any atom is 0.336 e. The molecule has 2 aromatic heterocycles. The first kappa shape index (κ1) is 17.0. The van der Waals surface area contributed by atoms with Crippen molar-refractivity contribution in [3.05, 3.63) is 76.4 Å². The fourth-order valence-electron chi connectivity index (χ4n) is 3.53. The number of methoxy groups -OCH3 is 1. The van der Waals surface area contributed by atoms with Crippen molar-refractivity contribution in [1.82, 2.24) is 9.97 Å². The van der Waals surface area contributed by atoms with Gasteiger partial charge in [0.2, 0.25) is 0 Å². The molecule has 0 atom stereocenters. The molecular formula is C22H18N2O3. The van der Waals surface area contributed by atoms with Gasteiger partial charge in [0.05, 0.1) is 7.11 Å². The molecule has 5 heteroatoms. The molecule has 27 heavy (non-hydrogen) atoms. The molecule has 0 saturated carbocycles. The minimum absolute atomic E-state index is 0.325. The SMILES string of the molecule is COc1ncc(-c2c(C)cc3oc(=O)cc(-c4ccccc4)c3c2C)cn1. The van der Waals surface area contributed by atoms with E-state index in [0.29, 0.717) is 11.6 Å². The molecule has 0 unspecified atom stereocenters. The van der Waals surface area contributed by atoms with Gasteiger partial charge in [0.25, 0.3) is 0 Å². The van der Waals surface area contributed by atoms with Gasteiger partial charge in [-0.3, -0.25) is 0 Å². The highest BCUT2D eigenvalue weighted by atomic mass is 16.5. The fraction of sp³-hybridized carbons (Fsp3) is 0.136. The minimum Gasteiger partial charge on any atom is -0.467 e. The van der Waals surface area contributed by atoms with Gasteiger partial charge in [-0.25, -0.2) is 14.8 Å². The third kappa shape index (κ3) is 2.97. The highest BCUT2D eigenvalue weighted by molar-refractivity contribution is 6.00. The monoisotopic (exact) mass is 358 g/mol. The zero-order valence-electron chi connectivity index (χ0n) is 15.3. The van der Waals surface area contributed by atoms with Gasteiger partial charge in [-0.1, -0.05) is 30.3 Å². The smallest absolute Gasteiger partial charge is 0.336 e. The molecule has 2 aromatic carbocycles. The number of aryl methyl sites for hydroxylation is 2. The number of aromatic nitrogens is 2. The molecule has 4 rings (SSSR count). The second-order valence-electron chi connectivity index (χ2n) is 6.37. The largest absolute Gasteiger partial charge is 0.467 e. The highest BCUT2D eigenvalue weighted by Crippen LogP contribution is 2.37. The first-order valence-corrected chi connectivity index (χ1v) is 8.58. The number of nitrogens with zero attached hydrogens (tertiary/aromatic N) is 2. The van der Waals surface area contributed by atoms with Crippen LogP contribution < -0.4 is 10.4 Å². The Labute approximate surface area is 156 Å². The van der Waals surface area contributed by atoms with E-state index in [1.165, 1.54) is 7.11 Å². The van der Waals surface area contributed by atoms with Gasteiger partial charge in [0, 0.05) is 35.0 Å². The lowest BCUT2D eigenvalue weighted by molar-refractivity contribution is 0.380. The predicted molar refractivity (Wildman–Crippen MR) is 105 cm³/mol. The van der Waals surface area contributed by atoms with E-state index in [4.69, 9.17) is 9.15 Å². The van der Waals surface area contributed by atoms with E-state index < -0.39 is 0 Å².